The Kier molecular flexibility index (Phi) is 5.72. The highest BCUT2D eigenvalue weighted by molar-refractivity contribution is 7.11. The molecule has 0 saturated carbocycles. The molecule has 0 radical (unpaired) electrons. The molecule has 0 atom stereocenters. The number of rotatable bonds is 5. The van der Waals surface area contributed by atoms with Crippen molar-refractivity contribution in [2.45, 2.75) is 20.4 Å². The number of imide groups is 1. The van der Waals surface area contributed by atoms with Crippen LogP contribution in [0.3, 0.4) is 0 Å². The number of nitrogens with zero attached hydrogens (tertiary/aromatic N) is 4. The average Bonchev–Trinajstić information content (AvgIpc) is 3.44. The van der Waals surface area contributed by atoms with Crippen molar-refractivity contribution in [3.05, 3.63) is 87.5 Å². The first kappa shape index (κ1) is 21.4. The number of piperazine rings is 1. The van der Waals surface area contributed by atoms with Gasteiger partial charge in [0.1, 0.15) is 5.70 Å². The molecule has 2 aromatic heterocycles. The largest absolute Gasteiger partial charge is 0.368 e. The maximum Gasteiger partial charge on any atom is 0.278 e. The van der Waals surface area contributed by atoms with Crippen molar-refractivity contribution in [1.82, 2.24) is 14.8 Å². The van der Waals surface area contributed by atoms with E-state index in [-0.39, 0.29) is 18.4 Å². The maximum absolute atomic E-state index is 13.6. The molecular formula is C26H26N4O2S. The summed E-state index contributed by atoms with van der Waals surface area (Å²) in [6.07, 6.45) is 3.39. The molecule has 0 N–H and O–H groups in total. The Morgan fingerprint density at radius 3 is 2.39 bits per heavy atom. The molecule has 1 fully saturated rings. The van der Waals surface area contributed by atoms with Crippen LogP contribution in [-0.4, -0.2) is 52.8 Å². The molecule has 168 valence electrons. The first-order valence-corrected chi connectivity index (χ1v) is 12.0. The molecule has 7 heteroatoms. The second-order valence-electron chi connectivity index (χ2n) is 8.45. The molecule has 2 amide bonds. The van der Waals surface area contributed by atoms with Crippen molar-refractivity contribution < 1.29 is 9.59 Å². The fourth-order valence-corrected chi connectivity index (χ4v) is 5.33. The molecule has 2 aliphatic heterocycles. The Balaban J connectivity index is 1.42. The number of hydrogen-bond donors (Lipinski definition) is 0. The molecule has 3 aromatic rings. The number of carbonyl (C=O) groups is 2. The number of thiophene rings is 1. The van der Waals surface area contributed by atoms with Gasteiger partial charge in [0.15, 0.2) is 0 Å². The van der Waals surface area contributed by atoms with Crippen LogP contribution in [-0.2, 0) is 16.1 Å². The van der Waals surface area contributed by atoms with Gasteiger partial charge in [-0.15, -0.1) is 11.3 Å². The van der Waals surface area contributed by atoms with Crippen molar-refractivity contribution in [2.24, 2.45) is 0 Å². The lowest BCUT2D eigenvalue weighted by molar-refractivity contribution is -0.138. The van der Waals surface area contributed by atoms with Crippen molar-refractivity contribution in [3.63, 3.8) is 0 Å². The molecule has 0 bridgehead atoms. The van der Waals surface area contributed by atoms with Gasteiger partial charge in [-0.05, 0) is 54.1 Å². The summed E-state index contributed by atoms with van der Waals surface area (Å²) in [4.78, 5) is 37.8. The fraction of sp³-hybridized carbons (Fsp3) is 0.269. The SMILES string of the molecule is Cc1cccc(N2CCN(C3=C(c4cccs4)C(=O)N(Cc4cccnc4)C3=O)CC2)c1C. The van der Waals surface area contributed by atoms with Gasteiger partial charge >= 0.3 is 0 Å². The van der Waals surface area contributed by atoms with Gasteiger partial charge in [0.2, 0.25) is 0 Å². The molecule has 1 saturated heterocycles. The first-order valence-electron chi connectivity index (χ1n) is 11.1. The minimum Gasteiger partial charge on any atom is -0.368 e. The monoisotopic (exact) mass is 458 g/mol. The summed E-state index contributed by atoms with van der Waals surface area (Å²) in [6.45, 7) is 7.50. The molecule has 0 unspecified atom stereocenters. The summed E-state index contributed by atoms with van der Waals surface area (Å²) in [6, 6.07) is 13.9. The smallest absolute Gasteiger partial charge is 0.278 e. The van der Waals surface area contributed by atoms with E-state index in [0.29, 0.717) is 24.4 Å². The van der Waals surface area contributed by atoms with E-state index < -0.39 is 0 Å². The van der Waals surface area contributed by atoms with E-state index in [9.17, 15) is 9.59 Å². The van der Waals surface area contributed by atoms with Crippen LogP contribution in [0.15, 0.2) is 65.9 Å². The molecule has 0 aliphatic carbocycles. The normalized spacial score (nSPS) is 16.8. The summed E-state index contributed by atoms with van der Waals surface area (Å²) in [5.41, 5.74) is 5.71. The van der Waals surface area contributed by atoms with E-state index in [2.05, 4.69) is 46.8 Å². The van der Waals surface area contributed by atoms with E-state index in [1.54, 1.807) is 12.4 Å². The van der Waals surface area contributed by atoms with Crippen LogP contribution in [0.1, 0.15) is 21.6 Å². The first-order chi connectivity index (χ1) is 16.0. The van der Waals surface area contributed by atoms with Gasteiger partial charge in [0.25, 0.3) is 11.8 Å². The number of hydrogen-bond acceptors (Lipinski definition) is 6. The van der Waals surface area contributed by atoms with Crippen molar-refractivity contribution in [1.29, 1.82) is 0 Å². The number of aromatic nitrogens is 1. The van der Waals surface area contributed by atoms with Crippen LogP contribution in [0.4, 0.5) is 5.69 Å². The third-order valence-electron chi connectivity index (χ3n) is 6.49. The van der Waals surface area contributed by atoms with Crippen molar-refractivity contribution in [2.75, 3.05) is 31.1 Å². The Morgan fingerprint density at radius 2 is 1.70 bits per heavy atom. The van der Waals surface area contributed by atoms with Gasteiger partial charge < -0.3 is 9.80 Å². The van der Waals surface area contributed by atoms with Crippen molar-refractivity contribution in [3.8, 4) is 0 Å². The Bertz CT molecular complexity index is 1210. The van der Waals surface area contributed by atoms with Gasteiger partial charge in [-0.1, -0.05) is 24.3 Å². The predicted molar refractivity (Wildman–Crippen MR) is 131 cm³/mol. The summed E-state index contributed by atoms with van der Waals surface area (Å²) in [7, 11) is 0. The molecule has 1 aromatic carbocycles. The number of pyridine rings is 1. The lowest BCUT2D eigenvalue weighted by Gasteiger charge is -2.38. The van der Waals surface area contributed by atoms with Gasteiger partial charge in [-0.2, -0.15) is 0 Å². The number of benzene rings is 1. The zero-order chi connectivity index (χ0) is 22.9. The van der Waals surface area contributed by atoms with Crippen LogP contribution < -0.4 is 4.90 Å². The topological polar surface area (TPSA) is 56.8 Å². The zero-order valence-corrected chi connectivity index (χ0v) is 19.6. The zero-order valence-electron chi connectivity index (χ0n) is 18.8. The van der Waals surface area contributed by atoms with Crippen LogP contribution in [0, 0.1) is 13.8 Å². The van der Waals surface area contributed by atoms with Gasteiger partial charge in [0.05, 0.1) is 12.1 Å². The maximum atomic E-state index is 13.6. The van der Waals surface area contributed by atoms with Gasteiger partial charge in [0, 0.05) is 49.1 Å². The van der Waals surface area contributed by atoms with Crippen LogP contribution >= 0.6 is 11.3 Å². The minimum absolute atomic E-state index is 0.215. The highest BCUT2D eigenvalue weighted by Crippen LogP contribution is 2.35. The Labute approximate surface area is 197 Å². The molecule has 4 heterocycles. The average molecular weight is 459 g/mol. The second-order valence-corrected chi connectivity index (χ2v) is 9.40. The van der Waals surface area contributed by atoms with Gasteiger partial charge in [-0.3, -0.25) is 19.5 Å². The number of aryl methyl sites for hydroxylation is 1. The van der Waals surface area contributed by atoms with E-state index in [1.165, 1.54) is 33.1 Å². The van der Waals surface area contributed by atoms with E-state index in [4.69, 9.17) is 0 Å². The lowest BCUT2D eigenvalue weighted by Crippen LogP contribution is -2.47. The van der Waals surface area contributed by atoms with Crippen LogP contribution in [0.25, 0.3) is 5.57 Å². The number of anilines is 1. The summed E-state index contributed by atoms with van der Waals surface area (Å²) in [5.74, 6) is -0.439. The van der Waals surface area contributed by atoms with E-state index in [0.717, 1.165) is 23.5 Å². The fourth-order valence-electron chi connectivity index (χ4n) is 4.57. The van der Waals surface area contributed by atoms with Crippen LogP contribution in [0.2, 0.25) is 0 Å². The quantitative estimate of drug-likeness (QED) is 0.544. The molecule has 6 nitrogen and oxygen atoms in total. The molecule has 5 rings (SSSR count). The third-order valence-corrected chi connectivity index (χ3v) is 7.37. The van der Waals surface area contributed by atoms with Crippen LogP contribution in [0.5, 0.6) is 0 Å². The molecule has 0 spiro atoms. The van der Waals surface area contributed by atoms with Gasteiger partial charge in [-0.25, -0.2) is 0 Å². The predicted octanol–water partition coefficient (Wildman–Crippen LogP) is 3.86. The van der Waals surface area contributed by atoms with E-state index in [1.807, 2.05) is 29.6 Å². The Hall–Kier alpha value is -3.45. The lowest BCUT2D eigenvalue weighted by atomic mass is 10.1. The summed E-state index contributed by atoms with van der Waals surface area (Å²) in [5, 5.41) is 1.94. The number of carbonyl (C=O) groups excluding carboxylic acids is 2. The third kappa shape index (κ3) is 3.93. The minimum atomic E-state index is -0.224. The summed E-state index contributed by atoms with van der Waals surface area (Å²) >= 11 is 1.50. The van der Waals surface area contributed by atoms with E-state index >= 15 is 0 Å². The second kappa shape index (κ2) is 8.83. The highest BCUT2D eigenvalue weighted by atomic mass is 32.1. The Morgan fingerprint density at radius 1 is 0.909 bits per heavy atom. The molecule has 33 heavy (non-hydrogen) atoms. The molecular weight excluding hydrogens is 432 g/mol. The number of amides is 2. The highest BCUT2D eigenvalue weighted by Gasteiger charge is 2.42. The standard InChI is InChI=1S/C26H26N4O2S/c1-18-6-3-8-21(19(18)2)28-11-13-29(14-12-28)24-23(22-9-5-15-33-22)25(31)30(26(24)32)17-20-7-4-10-27-16-20/h3-10,15-16H,11-14,17H2,1-2H3. The summed E-state index contributed by atoms with van der Waals surface area (Å²) < 4.78 is 0. The molecule has 2 aliphatic rings. The van der Waals surface area contributed by atoms with Crippen molar-refractivity contribution >= 4 is 34.4 Å².